The lowest BCUT2D eigenvalue weighted by Crippen LogP contribution is -2.23. The summed E-state index contributed by atoms with van der Waals surface area (Å²) >= 11 is 0. The average Bonchev–Trinajstić information content (AvgIpc) is 3.40. The van der Waals surface area contributed by atoms with Gasteiger partial charge in [-0.2, -0.15) is 0 Å². The van der Waals surface area contributed by atoms with Crippen LogP contribution in [0.3, 0.4) is 0 Å². The van der Waals surface area contributed by atoms with Crippen LogP contribution in [0.4, 0.5) is 10.1 Å². The maximum atomic E-state index is 12.9. The van der Waals surface area contributed by atoms with Gasteiger partial charge in [0.15, 0.2) is 0 Å². The third-order valence-corrected chi connectivity index (χ3v) is 5.18. The molecule has 1 fully saturated rings. The fraction of sp³-hybridized carbons (Fsp3) is 0.235. The highest BCUT2D eigenvalue weighted by Gasteiger charge is 2.29. The molecule has 126 valence electrons. The van der Waals surface area contributed by atoms with Crippen molar-refractivity contribution in [3.8, 4) is 0 Å². The smallest absolute Gasteiger partial charge is 0.240 e. The topological polar surface area (TPSA) is 75.3 Å². The maximum Gasteiger partial charge on any atom is 0.240 e. The van der Waals surface area contributed by atoms with E-state index in [4.69, 9.17) is 0 Å². The Morgan fingerprint density at radius 3 is 2.25 bits per heavy atom. The lowest BCUT2D eigenvalue weighted by Gasteiger charge is -2.08. The van der Waals surface area contributed by atoms with Gasteiger partial charge in [-0.1, -0.05) is 12.1 Å². The highest BCUT2D eigenvalue weighted by molar-refractivity contribution is 7.89. The summed E-state index contributed by atoms with van der Waals surface area (Å²) in [5.74, 6) is -0.329. The van der Waals surface area contributed by atoms with Crippen molar-refractivity contribution in [3.63, 3.8) is 0 Å². The van der Waals surface area contributed by atoms with Crippen LogP contribution < -0.4 is 10.0 Å². The van der Waals surface area contributed by atoms with Crippen molar-refractivity contribution in [3.05, 3.63) is 59.9 Å². The second-order valence-corrected chi connectivity index (χ2v) is 7.51. The third kappa shape index (κ3) is 4.18. The molecule has 2 aromatic rings. The first-order chi connectivity index (χ1) is 11.4. The van der Waals surface area contributed by atoms with Crippen LogP contribution in [0.2, 0.25) is 0 Å². The van der Waals surface area contributed by atoms with E-state index in [-0.39, 0.29) is 23.3 Å². The lowest BCUT2D eigenvalue weighted by atomic mass is 10.2. The summed E-state index contributed by atoms with van der Waals surface area (Å²) in [6.07, 6.45) is 1.88. The molecule has 5 nitrogen and oxygen atoms in total. The lowest BCUT2D eigenvalue weighted by molar-refractivity contribution is -0.117. The molecule has 0 bridgehead atoms. The van der Waals surface area contributed by atoms with Crippen molar-refractivity contribution in [1.82, 2.24) is 4.72 Å². The van der Waals surface area contributed by atoms with E-state index in [9.17, 15) is 17.6 Å². The van der Waals surface area contributed by atoms with Crippen molar-refractivity contribution in [2.24, 2.45) is 5.92 Å². The minimum Gasteiger partial charge on any atom is -0.326 e. The zero-order valence-corrected chi connectivity index (χ0v) is 13.6. The van der Waals surface area contributed by atoms with Gasteiger partial charge in [0, 0.05) is 18.2 Å². The zero-order valence-electron chi connectivity index (χ0n) is 12.8. The van der Waals surface area contributed by atoms with Crippen LogP contribution in [0.5, 0.6) is 0 Å². The Bertz CT molecular complexity index is 829. The Balaban J connectivity index is 1.59. The Labute approximate surface area is 139 Å². The van der Waals surface area contributed by atoms with Gasteiger partial charge in [0.2, 0.25) is 15.9 Å². The fourth-order valence-electron chi connectivity index (χ4n) is 2.17. The largest absolute Gasteiger partial charge is 0.326 e. The van der Waals surface area contributed by atoms with Crippen molar-refractivity contribution in [1.29, 1.82) is 0 Å². The number of carbonyl (C=O) groups is 1. The maximum absolute atomic E-state index is 12.9. The summed E-state index contributed by atoms with van der Waals surface area (Å²) < 4.78 is 39.6. The molecule has 0 heterocycles. The van der Waals surface area contributed by atoms with Gasteiger partial charge in [0.25, 0.3) is 0 Å². The van der Waals surface area contributed by atoms with E-state index in [1.807, 2.05) is 0 Å². The normalized spacial score (nSPS) is 14.4. The number of hydrogen-bond acceptors (Lipinski definition) is 3. The molecule has 0 spiro atoms. The number of halogens is 1. The standard InChI is InChI=1S/C17H17FN2O3S/c18-14-5-9-16(10-6-14)24(22,23)19-11-12-1-7-15(8-2-12)20-17(21)13-3-4-13/h1-2,5-10,13,19H,3-4,11H2,(H,20,21). The Morgan fingerprint density at radius 2 is 1.67 bits per heavy atom. The van der Waals surface area contributed by atoms with Gasteiger partial charge in [-0.05, 0) is 54.8 Å². The molecule has 0 saturated heterocycles. The van der Waals surface area contributed by atoms with Crippen molar-refractivity contribution in [2.45, 2.75) is 24.3 Å². The molecule has 1 aliphatic rings. The van der Waals surface area contributed by atoms with Crippen LogP contribution in [-0.4, -0.2) is 14.3 Å². The molecular formula is C17H17FN2O3S. The summed E-state index contributed by atoms with van der Waals surface area (Å²) in [6, 6.07) is 11.6. The summed E-state index contributed by atoms with van der Waals surface area (Å²) in [4.78, 5) is 11.7. The monoisotopic (exact) mass is 348 g/mol. The molecule has 2 N–H and O–H groups in total. The molecule has 24 heavy (non-hydrogen) atoms. The quantitative estimate of drug-likeness (QED) is 0.843. The van der Waals surface area contributed by atoms with Gasteiger partial charge in [0.1, 0.15) is 5.82 Å². The van der Waals surface area contributed by atoms with Gasteiger partial charge >= 0.3 is 0 Å². The van der Waals surface area contributed by atoms with Gasteiger partial charge in [-0.15, -0.1) is 0 Å². The summed E-state index contributed by atoms with van der Waals surface area (Å²) in [6.45, 7) is 0.108. The molecule has 1 saturated carbocycles. The van der Waals surface area contributed by atoms with E-state index in [1.165, 1.54) is 12.1 Å². The van der Waals surface area contributed by atoms with E-state index in [0.717, 1.165) is 30.5 Å². The number of nitrogens with one attached hydrogen (secondary N) is 2. The summed E-state index contributed by atoms with van der Waals surface area (Å²) in [5, 5.41) is 2.82. The second kappa shape index (κ2) is 6.70. The van der Waals surface area contributed by atoms with Crippen molar-refractivity contribution >= 4 is 21.6 Å². The zero-order chi connectivity index (χ0) is 17.2. The Hall–Kier alpha value is -2.25. The number of hydrogen-bond donors (Lipinski definition) is 2. The number of rotatable bonds is 6. The molecule has 0 unspecified atom stereocenters. The average molecular weight is 348 g/mol. The molecule has 3 rings (SSSR count). The van der Waals surface area contributed by atoms with Crippen LogP contribution in [-0.2, 0) is 21.4 Å². The molecule has 2 aromatic carbocycles. The highest BCUT2D eigenvalue weighted by Crippen LogP contribution is 2.30. The van der Waals surface area contributed by atoms with Gasteiger partial charge in [-0.3, -0.25) is 4.79 Å². The Kier molecular flexibility index (Phi) is 4.64. The number of carbonyl (C=O) groups excluding carboxylic acids is 1. The van der Waals surface area contributed by atoms with Crippen molar-refractivity contribution < 1.29 is 17.6 Å². The van der Waals surface area contributed by atoms with E-state index in [0.29, 0.717) is 5.69 Å². The van der Waals surface area contributed by atoms with Crippen LogP contribution in [0, 0.1) is 11.7 Å². The van der Waals surface area contributed by atoms with E-state index >= 15 is 0 Å². The van der Waals surface area contributed by atoms with Crippen molar-refractivity contribution in [2.75, 3.05) is 5.32 Å². The second-order valence-electron chi connectivity index (χ2n) is 5.74. The predicted octanol–water partition coefficient (Wildman–Crippen LogP) is 2.65. The molecule has 0 aromatic heterocycles. The van der Waals surface area contributed by atoms with Crippen LogP contribution in [0.25, 0.3) is 0 Å². The SMILES string of the molecule is O=C(Nc1ccc(CNS(=O)(=O)c2ccc(F)cc2)cc1)C1CC1. The van der Waals surface area contributed by atoms with E-state index in [2.05, 4.69) is 10.0 Å². The van der Waals surface area contributed by atoms with Crippen LogP contribution in [0.1, 0.15) is 18.4 Å². The molecule has 1 amide bonds. The molecule has 0 atom stereocenters. The molecule has 0 aliphatic heterocycles. The van der Waals surface area contributed by atoms with E-state index in [1.54, 1.807) is 24.3 Å². The number of benzene rings is 2. The number of amides is 1. The van der Waals surface area contributed by atoms with Crippen LogP contribution in [0.15, 0.2) is 53.4 Å². The Morgan fingerprint density at radius 1 is 1.04 bits per heavy atom. The number of sulfonamides is 1. The van der Waals surface area contributed by atoms with Gasteiger partial charge < -0.3 is 5.32 Å². The first-order valence-electron chi connectivity index (χ1n) is 7.59. The minimum absolute atomic E-state index is 0.0113. The summed E-state index contributed by atoms with van der Waals surface area (Å²) in [7, 11) is -3.69. The molecule has 0 radical (unpaired) electrons. The first-order valence-corrected chi connectivity index (χ1v) is 9.07. The molecular weight excluding hydrogens is 331 g/mol. The third-order valence-electron chi connectivity index (χ3n) is 3.76. The van der Waals surface area contributed by atoms with E-state index < -0.39 is 15.8 Å². The highest BCUT2D eigenvalue weighted by atomic mass is 32.2. The summed E-state index contributed by atoms with van der Waals surface area (Å²) in [5.41, 5.74) is 1.45. The van der Waals surface area contributed by atoms with Crippen LogP contribution >= 0.6 is 0 Å². The molecule has 1 aliphatic carbocycles. The number of anilines is 1. The first kappa shape index (κ1) is 16.6. The van der Waals surface area contributed by atoms with Gasteiger partial charge in [0.05, 0.1) is 4.90 Å². The van der Waals surface area contributed by atoms with Gasteiger partial charge in [-0.25, -0.2) is 17.5 Å². The fourth-order valence-corrected chi connectivity index (χ4v) is 3.19. The minimum atomic E-state index is -3.69. The predicted molar refractivity (Wildman–Crippen MR) is 88.2 cm³/mol. The molecule has 7 heteroatoms.